The molecule has 0 spiro atoms. The van der Waals surface area contributed by atoms with Crippen molar-refractivity contribution in [1.29, 1.82) is 0 Å². The third-order valence-electron chi connectivity index (χ3n) is 6.26. The van der Waals surface area contributed by atoms with E-state index in [-0.39, 0.29) is 10.8 Å². The smallest absolute Gasteiger partial charge is 0.253 e. The summed E-state index contributed by atoms with van der Waals surface area (Å²) in [7, 11) is -1.87. The van der Waals surface area contributed by atoms with E-state index in [1.54, 1.807) is 35.7 Å². The summed E-state index contributed by atoms with van der Waals surface area (Å²) in [5.41, 5.74) is 0.536. The lowest BCUT2D eigenvalue weighted by Gasteiger charge is -2.34. The largest absolute Gasteiger partial charge is 0.382 e. The average Bonchev–Trinajstić information content (AvgIpc) is 2.76. The summed E-state index contributed by atoms with van der Waals surface area (Å²) in [5, 5.41) is 0. The zero-order chi connectivity index (χ0) is 22.4. The lowest BCUT2D eigenvalue weighted by Crippen LogP contribution is -2.42. The van der Waals surface area contributed by atoms with Crippen LogP contribution in [-0.4, -0.2) is 76.6 Å². The van der Waals surface area contributed by atoms with Gasteiger partial charge >= 0.3 is 0 Å². The zero-order valence-corrected chi connectivity index (χ0v) is 19.8. The molecule has 2 atom stereocenters. The van der Waals surface area contributed by atoms with Crippen molar-refractivity contribution in [3.05, 3.63) is 29.8 Å². The molecular formula is C23H36N2O5S. The van der Waals surface area contributed by atoms with Crippen LogP contribution in [0.3, 0.4) is 0 Å². The lowest BCUT2D eigenvalue weighted by molar-refractivity contribution is 0.0327. The van der Waals surface area contributed by atoms with Gasteiger partial charge in [0.1, 0.15) is 0 Å². The summed E-state index contributed by atoms with van der Waals surface area (Å²) >= 11 is 0. The van der Waals surface area contributed by atoms with Gasteiger partial charge in [-0.05, 0) is 61.3 Å². The summed E-state index contributed by atoms with van der Waals surface area (Å²) in [6.45, 7) is 8.57. The number of rotatable bonds is 8. The van der Waals surface area contributed by atoms with Crippen molar-refractivity contribution >= 4 is 15.9 Å². The van der Waals surface area contributed by atoms with Crippen LogP contribution < -0.4 is 0 Å². The summed E-state index contributed by atoms with van der Waals surface area (Å²) in [4.78, 5) is 15.0. The number of carbonyl (C=O) groups is 1. The molecule has 31 heavy (non-hydrogen) atoms. The van der Waals surface area contributed by atoms with Crippen molar-refractivity contribution in [2.45, 2.75) is 38.0 Å². The Hall–Kier alpha value is -1.48. The first-order valence-corrected chi connectivity index (χ1v) is 12.7. The second-order valence-electron chi connectivity index (χ2n) is 9.10. The molecule has 1 aromatic rings. The Morgan fingerprint density at radius 2 is 1.65 bits per heavy atom. The molecular weight excluding hydrogens is 416 g/mol. The number of carbonyl (C=O) groups excluding carboxylic acids is 1. The van der Waals surface area contributed by atoms with Gasteiger partial charge in [-0.15, -0.1) is 0 Å². The second kappa shape index (κ2) is 10.9. The molecule has 0 aliphatic carbocycles. The number of amides is 1. The first kappa shape index (κ1) is 24.2. The van der Waals surface area contributed by atoms with Gasteiger partial charge in [0, 0.05) is 45.5 Å². The molecule has 0 saturated carbocycles. The molecule has 2 aliphatic heterocycles. The van der Waals surface area contributed by atoms with E-state index in [9.17, 15) is 13.2 Å². The van der Waals surface area contributed by atoms with E-state index >= 15 is 0 Å². The summed E-state index contributed by atoms with van der Waals surface area (Å²) in [5.74, 6) is 1.13. The number of hydrogen-bond acceptors (Lipinski definition) is 5. The van der Waals surface area contributed by atoms with Gasteiger partial charge in [0.25, 0.3) is 5.91 Å². The molecule has 174 valence electrons. The minimum atomic E-state index is -3.53. The first-order chi connectivity index (χ1) is 14.8. The molecule has 0 bridgehead atoms. The van der Waals surface area contributed by atoms with E-state index in [0.717, 1.165) is 19.3 Å². The Labute approximate surface area is 186 Å². The van der Waals surface area contributed by atoms with Crippen LogP contribution in [0.25, 0.3) is 0 Å². The second-order valence-corrected chi connectivity index (χ2v) is 11.0. The van der Waals surface area contributed by atoms with E-state index in [1.807, 2.05) is 4.90 Å². The minimum absolute atomic E-state index is 0.0390. The van der Waals surface area contributed by atoms with Crippen molar-refractivity contribution < 1.29 is 22.7 Å². The highest BCUT2D eigenvalue weighted by Crippen LogP contribution is 2.27. The van der Waals surface area contributed by atoms with Crippen molar-refractivity contribution in [3.8, 4) is 0 Å². The highest BCUT2D eigenvalue weighted by Gasteiger charge is 2.32. The minimum Gasteiger partial charge on any atom is -0.382 e. The van der Waals surface area contributed by atoms with E-state index in [0.29, 0.717) is 69.3 Å². The topological polar surface area (TPSA) is 76.1 Å². The predicted molar refractivity (Wildman–Crippen MR) is 119 cm³/mol. The number of benzene rings is 1. The Bertz CT molecular complexity index is 809. The van der Waals surface area contributed by atoms with Gasteiger partial charge in [-0.3, -0.25) is 4.79 Å². The Morgan fingerprint density at radius 3 is 2.23 bits per heavy atom. The number of nitrogens with zero attached hydrogens (tertiary/aromatic N) is 2. The number of piperidine rings is 2. The fourth-order valence-corrected chi connectivity index (χ4v) is 6.28. The predicted octanol–water partition coefficient (Wildman–Crippen LogP) is 2.87. The number of ether oxygens (including phenoxy) is 2. The molecule has 2 aliphatic rings. The molecule has 1 aromatic carbocycles. The van der Waals surface area contributed by atoms with Gasteiger partial charge in [0.15, 0.2) is 0 Å². The van der Waals surface area contributed by atoms with Gasteiger partial charge < -0.3 is 14.4 Å². The van der Waals surface area contributed by atoms with Crippen LogP contribution in [0.1, 0.15) is 43.5 Å². The van der Waals surface area contributed by atoms with Crippen LogP contribution in [0.2, 0.25) is 0 Å². The van der Waals surface area contributed by atoms with Gasteiger partial charge in [0.2, 0.25) is 10.0 Å². The standard InChI is InChI=1S/C23H36N2O5S/c1-18-14-19(2)16-25(15-18)31(27,28)22-6-4-21(5-7-22)23(26)24-10-8-20(9-11-24)17-30-13-12-29-3/h4-7,18-20H,8-17H2,1-3H3. The van der Waals surface area contributed by atoms with E-state index in [4.69, 9.17) is 9.47 Å². The molecule has 0 N–H and O–H groups in total. The highest BCUT2D eigenvalue weighted by atomic mass is 32.2. The fourth-order valence-electron chi connectivity index (χ4n) is 4.60. The molecule has 0 radical (unpaired) electrons. The van der Waals surface area contributed by atoms with Crippen LogP contribution in [0, 0.1) is 17.8 Å². The van der Waals surface area contributed by atoms with Crippen LogP contribution in [0.15, 0.2) is 29.2 Å². The average molecular weight is 453 g/mol. The Kier molecular flexibility index (Phi) is 8.50. The summed E-state index contributed by atoms with van der Waals surface area (Å²) in [6.07, 6.45) is 2.88. The lowest BCUT2D eigenvalue weighted by atomic mass is 9.94. The van der Waals surface area contributed by atoms with Crippen LogP contribution in [-0.2, 0) is 19.5 Å². The number of likely N-dealkylation sites (tertiary alicyclic amines) is 1. The maximum Gasteiger partial charge on any atom is 0.253 e. The number of hydrogen-bond donors (Lipinski definition) is 0. The zero-order valence-electron chi connectivity index (χ0n) is 19.0. The van der Waals surface area contributed by atoms with Gasteiger partial charge in [0.05, 0.1) is 18.1 Å². The molecule has 2 heterocycles. The van der Waals surface area contributed by atoms with Crippen molar-refractivity contribution in [2.75, 3.05) is 53.1 Å². The molecule has 7 nitrogen and oxygen atoms in total. The number of methoxy groups -OCH3 is 1. The Morgan fingerprint density at radius 1 is 1.03 bits per heavy atom. The molecule has 3 rings (SSSR count). The van der Waals surface area contributed by atoms with Crippen LogP contribution >= 0.6 is 0 Å². The number of sulfonamides is 1. The third kappa shape index (κ3) is 6.28. The molecule has 2 unspecified atom stereocenters. The van der Waals surface area contributed by atoms with Crippen molar-refractivity contribution in [2.24, 2.45) is 17.8 Å². The van der Waals surface area contributed by atoms with E-state index in [1.165, 1.54) is 0 Å². The van der Waals surface area contributed by atoms with Gasteiger partial charge in [-0.25, -0.2) is 8.42 Å². The summed E-state index contributed by atoms with van der Waals surface area (Å²) in [6, 6.07) is 6.43. The SMILES string of the molecule is COCCOCC1CCN(C(=O)c2ccc(S(=O)(=O)N3CC(C)CC(C)C3)cc2)CC1. The molecule has 2 fully saturated rings. The fraction of sp³-hybridized carbons (Fsp3) is 0.696. The third-order valence-corrected chi connectivity index (χ3v) is 8.11. The first-order valence-electron chi connectivity index (χ1n) is 11.3. The summed E-state index contributed by atoms with van der Waals surface area (Å²) < 4.78 is 38.3. The molecule has 1 amide bonds. The van der Waals surface area contributed by atoms with Gasteiger partial charge in [-0.2, -0.15) is 4.31 Å². The van der Waals surface area contributed by atoms with E-state index < -0.39 is 10.0 Å². The normalized spacial score (nSPS) is 23.8. The van der Waals surface area contributed by atoms with Crippen LogP contribution in [0.4, 0.5) is 0 Å². The van der Waals surface area contributed by atoms with E-state index in [2.05, 4.69) is 13.8 Å². The van der Waals surface area contributed by atoms with Crippen molar-refractivity contribution in [3.63, 3.8) is 0 Å². The maximum absolute atomic E-state index is 13.0. The highest BCUT2D eigenvalue weighted by molar-refractivity contribution is 7.89. The molecule has 0 aromatic heterocycles. The van der Waals surface area contributed by atoms with Crippen molar-refractivity contribution in [1.82, 2.24) is 9.21 Å². The quantitative estimate of drug-likeness (QED) is 0.567. The molecule has 8 heteroatoms. The van der Waals surface area contributed by atoms with Gasteiger partial charge in [-0.1, -0.05) is 13.8 Å². The van der Waals surface area contributed by atoms with Crippen LogP contribution in [0.5, 0.6) is 0 Å². The monoisotopic (exact) mass is 452 g/mol. The maximum atomic E-state index is 13.0. The Balaban J connectivity index is 1.56. The molecule has 2 saturated heterocycles.